The lowest BCUT2D eigenvalue weighted by molar-refractivity contribution is -0.385. The van der Waals surface area contributed by atoms with Crippen molar-refractivity contribution in [3.8, 4) is 0 Å². The van der Waals surface area contributed by atoms with E-state index in [1.54, 1.807) is 6.92 Å². The van der Waals surface area contributed by atoms with E-state index >= 15 is 0 Å². The molecule has 0 saturated carbocycles. The van der Waals surface area contributed by atoms with Gasteiger partial charge < -0.3 is 10.1 Å². The van der Waals surface area contributed by atoms with Crippen molar-refractivity contribution in [2.75, 3.05) is 6.61 Å². The van der Waals surface area contributed by atoms with Gasteiger partial charge in [-0.1, -0.05) is 41.9 Å². The van der Waals surface area contributed by atoms with Gasteiger partial charge >= 0.3 is 5.97 Å². The monoisotopic (exact) mass is 362 g/mol. The van der Waals surface area contributed by atoms with Crippen molar-refractivity contribution in [1.82, 2.24) is 5.32 Å². The summed E-state index contributed by atoms with van der Waals surface area (Å²) in [6, 6.07) is 12.6. The second kappa shape index (κ2) is 8.25. The highest BCUT2D eigenvalue weighted by Crippen LogP contribution is 2.23. The minimum absolute atomic E-state index is 0.123. The Morgan fingerprint density at radius 3 is 2.56 bits per heavy atom. The van der Waals surface area contributed by atoms with E-state index in [1.807, 2.05) is 30.3 Å². The van der Waals surface area contributed by atoms with E-state index in [9.17, 15) is 19.7 Å². The second-order valence-electron chi connectivity index (χ2n) is 5.19. The maximum Gasteiger partial charge on any atom is 0.345 e. The Kier molecular flexibility index (Phi) is 6.08. The fraction of sp³-hybridized carbons (Fsp3) is 0.176. The number of hydrogen-bond donors (Lipinski definition) is 1. The van der Waals surface area contributed by atoms with Crippen LogP contribution in [-0.2, 0) is 9.53 Å². The summed E-state index contributed by atoms with van der Waals surface area (Å²) in [5.74, 6) is -1.48. The first-order valence-electron chi connectivity index (χ1n) is 7.34. The van der Waals surface area contributed by atoms with Crippen LogP contribution in [0, 0.1) is 10.1 Å². The van der Waals surface area contributed by atoms with Gasteiger partial charge in [-0.2, -0.15) is 0 Å². The van der Waals surface area contributed by atoms with Crippen molar-refractivity contribution in [2.24, 2.45) is 0 Å². The first-order chi connectivity index (χ1) is 11.9. The molecule has 0 saturated heterocycles. The first kappa shape index (κ1) is 18.4. The smallest absolute Gasteiger partial charge is 0.345 e. The molecule has 0 radical (unpaired) electrons. The molecule has 130 valence electrons. The number of carbonyl (C=O) groups excluding carboxylic acids is 2. The summed E-state index contributed by atoms with van der Waals surface area (Å²) >= 11 is 5.69. The van der Waals surface area contributed by atoms with Gasteiger partial charge in [0, 0.05) is 11.1 Å². The SMILES string of the molecule is CC(NC(=O)COC(=O)c1ccc(Cl)cc1[N+](=O)[O-])c1ccccc1. The molecule has 25 heavy (non-hydrogen) atoms. The third kappa shape index (κ3) is 5.02. The molecule has 0 spiro atoms. The lowest BCUT2D eigenvalue weighted by Crippen LogP contribution is -2.31. The maximum absolute atomic E-state index is 12.0. The Balaban J connectivity index is 1.96. The Morgan fingerprint density at radius 1 is 1.24 bits per heavy atom. The number of amides is 1. The highest BCUT2D eigenvalue weighted by molar-refractivity contribution is 6.31. The Morgan fingerprint density at radius 2 is 1.92 bits per heavy atom. The molecule has 0 bridgehead atoms. The standard InChI is InChI=1S/C17H15ClN2O5/c1-11(12-5-3-2-4-6-12)19-16(21)10-25-17(22)14-8-7-13(18)9-15(14)20(23)24/h2-9,11H,10H2,1H3,(H,19,21). The van der Waals surface area contributed by atoms with Gasteiger partial charge in [0.2, 0.25) is 0 Å². The summed E-state index contributed by atoms with van der Waals surface area (Å²) in [4.78, 5) is 34.1. The molecule has 0 heterocycles. The molecular weight excluding hydrogens is 348 g/mol. The van der Waals surface area contributed by atoms with Crippen LogP contribution < -0.4 is 5.32 Å². The number of hydrogen-bond acceptors (Lipinski definition) is 5. The van der Waals surface area contributed by atoms with Crippen LogP contribution in [0.1, 0.15) is 28.9 Å². The van der Waals surface area contributed by atoms with E-state index in [-0.39, 0.29) is 16.6 Å². The number of nitrogens with one attached hydrogen (secondary N) is 1. The van der Waals surface area contributed by atoms with Crippen molar-refractivity contribution in [2.45, 2.75) is 13.0 Å². The quantitative estimate of drug-likeness (QED) is 0.483. The van der Waals surface area contributed by atoms with Crippen molar-refractivity contribution >= 4 is 29.2 Å². The summed E-state index contributed by atoms with van der Waals surface area (Å²) in [7, 11) is 0. The fourth-order valence-corrected chi connectivity index (χ4v) is 2.31. The van der Waals surface area contributed by atoms with Gasteiger partial charge in [-0.15, -0.1) is 0 Å². The lowest BCUT2D eigenvalue weighted by atomic mass is 10.1. The Hall–Kier alpha value is -2.93. The molecule has 8 heteroatoms. The summed E-state index contributed by atoms with van der Waals surface area (Å²) in [5.41, 5.74) is 0.157. The molecule has 0 fully saturated rings. The highest BCUT2D eigenvalue weighted by atomic mass is 35.5. The van der Waals surface area contributed by atoms with Gasteiger partial charge in [0.25, 0.3) is 11.6 Å². The van der Waals surface area contributed by atoms with Gasteiger partial charge in [-0.3, -0.25) is 14.9 Å². The zero-order valence-corrected chi connectivity index (χ0v) is 14.0. The molecule has 1 N–H and O–H groups in total. The van der Waals surface area contributed by atoms with Gasteiger partial charge in [0.05, 0.1) is 11.0 Å². The van der Waals surface area contributed by atoms with E-state index in [2.05, 4.69) is 5.32 Å². The van der Waals surface area contributed by atoms with E-state index in [1.165, 1.54) is 12.1 Å². The van der Waals surface area contributed by atoms with Crippen LogP contribution in [0.4, 0.5) is 5.69 Å². The molecule has 0 aliphatic carbocycles. The minimum atomic E-state index is -0.967. The summed E-state index contributed by atoms with van der Waals surface area (Å²) in [6.07, 6.45) is 0. The van der Waals surface area contributed by atoms with E-state index in [0.717, 1.165) is 11.6 Å². The van der Waals surface area contributed by atoms with Crippen molar-refractivity contribution < 1.29 is 19.2 Å². The maximum atomic E-state index is 12.0. The van der Waals surface area contributed by atoms with Crippen LogP contribution >= 0.6 is 11.6 Å². The fourth-order valence-electron chi connectivity index (χ4n) is 2.15. The summed E-state index contributed by atoms with van der Waals surface area (Å²) in [6.45, 7) is 1.24. The van der Waals surface area contributed by atoms with Crippen molar-refractivity contribution in [3.05, 3.63) is 74.8 Å². The predicted octanol–water partition coefficient (Wildman–Crippen LogP) is 3.28. The number of ether oxygens (including phenoxy) is 1. The van der Waals surface area contributed by atoms with Gasteiger partial charge in [-0.25, -0.2) is 4.79 Å². The molecule has 0 aromatic heterocycles. The topological polar surface area (TPSA) is 98.5 Å². The molecule has 2 aromatic carbocycles. The van der Waals surface area contributed by atoms with E-state index in [4.69, 9.17) is 16.3 Å². The number of nitro benzene ring substituents is 1. The number of benzene rings is 2. The molecule has 1 atom stereocenters. The van der Waals surface area contributed by atoms with Crippen LogP contribution in [0.25, 0.3) is 0 Å². The highest BCUT2D eigenvalue weighted by Gasteiger charge is 2.22. The first-order valence-corrected chi connectivity index (χ1v) is 7.71. The largest absolute Gasteiger partial charge is 0.452 e. The molecule has 0 aliphatic heterocycles. The number of carbonyl (C=O) groups is 2. The van der Waals surface area contributed by atoms with Crippen LogP contribution in [0.5, 0.6) is 0 Å². The second-order valence-corrected chi connectivity index (χ2v) is 5.63. The van der Waals surface area contributed by atoms with E-state index < -0.39 is 29.1 Å². The number of nitro groups is 1. The summed E-state index contributed by atoms with van der Waals surface area (Å²) in [5, 5.41) is 13.8. The molecular formula is C17H15ClN2O5. The molecule has 0 aliphatic rings. The lowest BCUT2D eigenvalue weighted by Gasteiger charge is -2.14. The zero-order valence-electron chi connectivity index (χ0n) is 13.3. The summed E-state index contributed by atoms with van der Waals surface area (Å²) < 4.78 is 4.86. The number of nitrogens with zero attached hydrogens (tertiary/aromatic N) is 1. The van der Waals surface area contributed by atoms with Crippen LogP contribution in [-0.4, -0.2) is 23.4 Å². The van der Waals surface area contributed by atoms with Crippen LogP contribution in [0.3, 0.4) is 0 Å². The normalized spacial score (nSPS) is 11.4. The molecule has 7 nitrogen and oxygen atoms in total. The van der Waals surface area contributed by atoms with Crippen LogP contribution in [0.2, 0.25) is 5.02 Å². The third-order valence-electron chi connectivity index (χ3n) is 3.39. The van der Waals surface area contributed by atoms with Gasteiger partial charge in [0.1, 0.15) is 5.56 Å². The minimum Gasteiger partial charge on any atom is -0.452 e. The Bertz CT molecular complexity index is 795. The average molecular weight is 363 g/mol. The third-order valence-corrected chi connectivity index (χ3v) is 3.62. The zero-order chi connectivity index (χ0) is 18.4. The van der Waals surface area contributed by atoms with Crippen LogP contribution in [0.15, 0.2) is 48.5 Å². The molecule has 2 rings (SSSR count). The molecule has 1 unspecified atom stereocenters. The molecule has 1 amide bonds. The number of esters is 1. The predicted molar refractivity (Wildman–Crippen MR) is 91.4 cm³/mol. The van der Waals surface area contributed by atoms with Crippen molar-refractivity contribution in [1.29, 1.82) is 0 Å². The molecule has 2 aromatic rings. The number of halogens is 1. The average Bonchev–Trinajstić information content (AvgIpc) is 2.60. The van der Waals surface area contributed by atoms with E-state index in [0.29, 0.717) is 0 Å². The Labute approximate surface area is 148 Å². The van der Waals surface area contributed by atoms with Crippen molar-refractivity contribution in [3.63, 3.8) is 0 Å². The number of rotatable bonds is 6. The van der Waals surface area contributed by atoms with Gasteiger partial charge in [-0.05, 0) is 24.6 Å². The van der Waals surface area contributed by atoms with Gasteiger partial charge in [0.15, 0.2) is 6.61 Å².